The summed E-state index contributed by atoms with van der Waals surface area (Å²) in [5.74, 6) is 0. The molecule has 0 saturated carbocycles. The summed E-state index contributed by atoms with van der Waals surface area (Å²) in [6.07, 6.45) is 0. The van der Waals surface area contributed by atoms with Crippen molar-refractivity contribution >= 4 is 71.7 Å². The van der Waals surface area contributed by atoms with E-state index in [1.165, 1.54) is 21.9 Å². The molecule has 0 bridgehead atoms. The predicted octanol–water partition coefficient (Wildman–Crippen LogP) is 15.1. The lowest BCUT2D eigenvalue weighted by atomic mass is 9.98. The van der Waals surface area contributed by atoms with E-state index < -0.39 is 0 Å². The lowest BCUT2D eigenvalue weighted by Crippen LogP contribution is -2.11. The zero-order valence-electron chi connectivity index (χ0n) is 29.8. The molecule has 3 nitrogen and oxygen atoms in total. The lowest BCUT2D eigenvalue weighted by molar-refractivity contribution is 0.669. The predicted molar refractivity (Wildman–Crippen MR) is 229 cm³/mol. The standard InChI is InChI=1S/C52H33NO2/c1-2-11-37-32-38(21-20-34(37)10-1)35-22-27-40(28-23-35)53(41-29-24-36(25-30-41)39-26-31-45-43-13-4-7-18-49(43)54-51(45)33-39)48-17-6-3-12-42(48)46-15-9-16-47-44-14-5-8-19-50(44)55-52(46)47/h1-33H. The molecule has 55 heavy (non-hydrogen) atoms. The summed E-state index contributed by atoms with van der Waals surface area (Å²) in [4.78, 5) is 2.35. The van der Waals surface area contributed by atoms with Crippen molar-refractivity contribution in [3.05, 3.63) is 200 Å². The molecular formula is C52H33NO2. The normalized spacial score (nSPS) is 11.6. The fraction of sp³-hybridized carbons (Fsp3) is 0. The third-order valence-corrected chi connectivity index (χ3v) is 10.9. The van der Waals surface area contributed by atoms with E-state index in [9.17, 15) is 0 Å². The number of nitrogens with zero attached hydrogens (tertiary/aromatic N) is 1. The van der Waals surface area contributed by atoms with Crippen molar-refractivity contribution in [1.29, 1.82) is 0 Å². The minimum absolute atomic E-state index is 0.888. The molecule has 0 N–H and O–H groups in total. The number of para-hydroxylation sites is 4. The van der Waals surface area contributed by atoms with Crippen molar-refractivity contribution in [3.8, 4) is 33.4 Å². The molecule has 0 spiro atoms. The second-order valence-electron chi connectivity index (χ2n) is 14.1. The van der Waals surface area contributed by atoms with Crippen LogP contribution in [0.25, 0.3) is 88.0 Å². The Balaban J connectivity index is 1.04. The third-order valence-electron chi connectivity index (χ3n) is 10.9. The molecule has 0 aliphatic heterocycles. The highest BCUT2D eigenvalue weighted by Crippen LogP contribution is 2.45. The first-order chi connectivity index (χ1) is 27.2. The summed E-state index contributed by atoms with van der Waals surface area (Å²) in [5.41, 5.74) is 13.5. The molecule has 0 saturated heterocycles. The smallest absolute Gasteiger partial charge is 0.143 e. The van der Waals surface area contributed by atoms with Crippen LogP contribution in [0.2, 0.25) is 0 Å². The topological polar surface area (TPSA) is 29.5 Å². The van der Waals surface area contributed by atoms with Crippen molar-refractivity contribution in [2.24, 2.45) is 0 Å². The Morgan fingerprint density at radius 2 is 0.836 bits per heavy atom. The summed E-state index contributed by atoms with van der Waals surface area (Å²) in [6, 6.07) is 71.0. The van der Waals surface area contributed by atoms with Crippen LogP contribution in [0.1, 0.15) is 0 Å². The molecule has 0 unspecified atom stereocenters. The van der Waals surface area contributed by atoms with Gasteiger partial charge in [0.2, 0.25) is 0 Å². The molecule has 0 fully saturated rings. The van der Waals surface area contributed by atoms with Gasteiger partial charge in [0.1, 0.15) is 22.3 Å². The number of furan rings is 2. The Labute approximate surface area is 317 Å². The van der Waals surface area contributed by atoms with Crippen LogP contribution in [-0.2, 0) is 0 Å². The minimum Gasteiger partial charge on any atom is -0.456 e. The van der Waals surface area contributed by atoms with Crippen LogP contribution in [0.15, 0.2) is 209 Å². The van der Waals surface area contributed by atoms with Crippen LogP contribution in [0, 0.1) is 0 Å². The van der Waals surface area contributed by atoms with Gasteiger partial charge >= 0.3 is 0 Å². The molecule has 0 amide bonds. The molecule has 2 heterocycles. The number of fused-ring (bicyclic) bond motifs is 7. The lowest BCUT2D eigenvalue weighted by Gasteiger charge is -2.28. The summed E-state index contributed by atoms with van der Waals surface area (Å²) in [5, 5.41) is 6.98. The fourth-order valence-electron chi connectivity index (χ4n) is 8.16. The maximum absolute atomic E-state index is 6.57. The molecule has 0 radical (unpaired) electrons. The van der Waals surface area contributed by atoms with Gasteiger partial charge in [-0.05, 0) is 93.7 Å². The number of hydrogen-bond donors (Lipinski definition) is 0. The van der Waals surface area contributed by atoms with E-state index in [1.54, 1.807) is 0 Å². The fourth-order valence-corrected chi connectivity index (χ4v) is 8.16. The summed E-state index contributed by atoms with van der Waals surface area (Å²) in [7, 11) is 0. The van der Waals surface area contributed by atoms with Crippen LogP contribution in [0.4, 0.5) is 17.1 Å². The van der Waals surface area contributed by atoms with Gasteiger partial charge in [0.25, 0.3) is 0 Å². The third kappa shape index (κ3) is 5.28. The molecular weight excluding hydrogens is 671 g/mol. The van der Waals surface area contributed by atoms with Crippen LogP contribution in [0.3, 0.4) is 0 Å². The Kier molecular flexibility index (Phi) is 7.17. The zero-order chi connectivity index (χ0) is 36.3. The summed E-state index contributed by atoms with van der Waals surface area (Å²) < 4.78 is 12.8. The SMILES string of the molecule is c1ccc(N(c2ccc(-c3ccc4ccccc4c3)cc2)c2ccc(-c3ccc4c(c3)oc3ccccc34)cc2)c(-c2cccc3c2oc2ccccc23)c1. The maximum Gasteiger partial charge on any atom is 0.143 e. The maximum atomic E-state index is 6.57. The van der Waals surface area contributed by atoms with E-state index in [4.69, 9.17) is 8.83 Å². The van der Waals surface area contributed by atoms with Gasteiger partial charge in [-0.1, -0.05) is 140 Å². The minimum atomic E-state index is 0.888. The molecule has 11 rings (SSSR count). The van der Waals surface area contributed by atoms with Crippen molar-refractivity contribution < 1.29 is 8.83 Å². The van der Waals surface area contributed by atoms with Gasteiger partial charge in [-0.25, -0.2) is 0 Å². The van der Waals surface area contributed by atoms with Crippen molar-refractivity contribution in [2.45, 2.75) is 0 Å². The Hall–Kier alpha value is -7.36. The van der Waals surface area contributed by atoms with Gasteiger partial charge in [-0.3, -0.25) is 0 Å². The largest absolute Gasteiger partial charge is 0.456 e. The van der Waals surface area contributed by atoms with Gasteiger partial charge < -0.3 is 13.7 Å². The van der Waals surface area contributed by atoms with E-state index in [-0.39, 0.29) is 0 Å². The quantitative estimate of drug-likeness (QED) is 0.173. The summed E-state index contributed by atoms with van der Waals surface area (Å²) >= 11 is 0. The van der Waals surface area contributed by atoms with Gasteiger partial charge in [-0.2, -0.15) is 0 Å². The van der Waals surface area contributed by atoms with Crippen LogP contribution in [0.5, 0.6) is 0 Å². The Morgan fingerprint density at radius 1 is 0.309 bits per heavy atom. The molecule has 2 aromatic heterocycles. The zero-order valence-corrected chi connectivity index (χ0v) is 29.8. The van der Waals surface area contributed by atoms with Crippen LogP contribution >= 0.6 is 0 Å². The van der Waals surface area contributed by atoms with Crippen LogP contribution < -0.4 is 4.90 Å². The van der Waals surface area contributed by atoms with E-state index >= 15 is 0 Å². The molecule has 3 heteroatoms. The molecule has 258 valence electrons. The summed E-state index contributed by atoms with van der Waals surface area (Å²) in [6.45, 7) is 0. The first-order valence-corrected chi connectivity index (χ1v) is 18.7. The first kappa shape index (κ1) is 31.2. The van der Waals surface area contributed by atoms with Crippen molar-refractivity contribution in [1.82, 2.24) is 0 Å². The molecule has 0 aliphatic rings. The van der Waals surface area contributed by atoms with Gasteiger partial charge in [0.15, 0.2) is 0 Å². The average Bonchev–Trinajstić information content (AvgIpc) is 3.83. The van der Waals surface area contributed by atoms with Crippen LogP contribution in [-0.4, -0.2) is 0 Å². The number of anilines is 3. The van der Waals surface area contributed by atoms with Gasteiger partial charge in [0.05, 0.1) is 5.69 Å². The highest BCUT2D eigenvalue weighted by atomic mass is 16.3. The highest BCUT2D eigenvalue weighted by Gasteiger charge is 2.21. The van der Waals surface area contributed by atoms with E-state index in [1.807, 2.05) is 24.3 Å². The van der Waals surface area contributed by atoms with Crippen molar-refractivity contribution in [2.75, 3.05) is 4.90 Å². The molecule has 0 atom stereocenters. The Morgan fingerprint density at radius 3 is 1.60 bits per heavy atom. The number of rotatable bonds is 6. The highest BCUT2D eigenvalue weighted by molar-refractivity contribution is 6.11. The number of benzene rings is 9. The van der Waals surface area contributed by atoms with Gasteiger partial charge in [-0.15, -0.1) is 0 Å². The molecule has 0 aliphatic carbocycles. The van der Waals surface area contributed by atoms with E-state index in [0.717, 1.165) is 83.2 Å². The average molecular weight is 704 g/mol. The second kappa shape index (κ2) is 12.6. The van der Waals surface area contributed by atoms with Crippen molar-refractivity contribution in [3.63, 3.8) is 0 Å². The first-order valence-electron chi connectivity index (χ1n) is 18.7. The Bertz CT molecular complexity index is 3200. The van der Waals surface area contributed by atoms with E-state index in [0.29, 0.717) is 0 Å². The number of hydrogen-bond acceptors (Lipinski definition) is 3. The molecule has 9 aromatic carbocycles. The molecule has 11 aromatic rings. The second-order valence-corrected chi connectivity index (χ2v) is 14.1. The van der Waals surface area contributed by atoms with E-state index in [2.05, 4.69) is 181 Å². The monoisotopic (exact) mass is 703 g/mol. The van der Waals surface area contributed by atoms with Gasteiger partial charge in [0, 0.05) is 44.0 Å².